The molecule has 0 aromatic heterocycles. The van der Waals surface area contributed by atoms with E-state index in [1.54, 1.807) is 18.2 Å². The average Bonchev–Trinajstić information content (AvgIpc) is 3.36. The number of benzene rings is 2. The van der Waals surface area contributed by atoms with Gasteiger partial charge in [-0.3, -0.25) is 19.3 Å². The van der Waals surface area contributed by atoms with Crippen molar-refractivity contribution < 1.29 is 28.6 Å². The van der Waals surface area contributed by atoms with Crippen LogP contribution in [0.15, 0.2) is 42.5 Å². The van der Waals surface area contributed by atoms with Gasteiger partial charge in [-0.25, -0.2) is 0 Å². The Labute approximate surface area is 192 Å². The van der Waals surface area contributed by atoms with Crippen molar-refractivity contribution in [1.29, 1.82) is 0 Å². The van der Waals surface area contributed by atoms with Crippen LogP contribution in [0, 0.1) is 0 Å². The lowest BCUT2D eigenvalue weighted by atomic mass is 10.1. The molecule has 2 aromatic rings. The smallest absolute Gasteiger partial charge is 0.265 e. The van der Waals surface area contributed by atoms with Gasteiger partial charge in [0.25, 0.3) is 5.91 Å². The predicted octanol–water partition coefficient (Wildman–Crippen LogP) is 2.53. The third-order valence-corrected chi connectivity index (χ3v) is 5.75. The highest BCUT2D eigenvalue weighted by atomic mass is 16.5. The van der Waals surface area contributed by atoms with Crippen LogP contribution in [0.5, 0.6) is 11.5 Å². The maximum atomic E-state index is 12.8. The van der Waals surface area contributed by atoms with Crippen LogP contribution >= 0.6 is 0 Å². The summed E-state index contributed by atoms with van der Waals surface area (Å²) >= 11 is 0. The minimum Gasteiger partial charge on any atom is -0.485 e. The monoisotopic (exact) mass is 452 g/mol. The van der Waals surface area contributed by atoms with Crippen molar-refractivity contribution in [2.45, 2.75) is 32.3 Å². The van der Waals surface area contributed by atoms with Crippen LogP contribution in [0.1, 0.15) is 35.7 Å². The summed E-state index contributed by atoms with van der Waals surface area (Å²) in [4.78, 5) is 39.1. The molecule has 2 amide bonds. The minimum absolute atomic E-state index is 0.0175. The van der Waals surface area contributed by atoms with Gasteiger partial charge in [-0.1, -0.05) is 19.1 Å². The first-order valence-electron chi connectivity index (χ1n) is 11.2. The van der Waals surface area contributed by atoms with Gasteiger partial charge in [-0.05, 0) is 55.2 Å². The summed E-state index contributed by atoms with van der Waals surface area (Å²) in [7, 11) is 0. The number of fused-ring (bicyclic) bond motifs is 1. The second-order valence-electron chi connectivity index (χ2n) is 8.10. The standard InChI is InChI=1S/C25H28N2O6/c1-2-17-5-3-6-19(11-17)32-15-22(28)18-8-9-23-21(12-18)27(25(30)16-33-23)14-24(29)26-13-20-7-4-10-31-20/h3,5-6,8-9,11-12,20H,2,4,7,10,13-16H2,1H3,(H,26,29)/t20-/m1/s1. The molecule has 8 nitrogen and oxygen atoms in total. The van der Waals surface area contributed by atoms with Crippen molar-refractivity contribution in [3.8, 4) is 11.5 Å². The van der Waals surface area contributed by atoms with Gasteiger partial charge in [0.05, 0.1) is 11.8 Å². The molecule has 174 valence electrons. The van der Waals surface area contributed by atoms with E-state index in [0.717, 1.165) is 24.8 Å². The third-order valence-electron chi connectivity index (χ3n) is 5.75. The zero-order valence-corrected chi connectivity index (χ0v) is 18.7. The van der Waals surface area contributed by atoms with Gasteiger partial charge in [-0.2, -0.15) is 0 Å². The molecule has 1 atom stereocenters. The van der Waals surface area contributed by atoms with Gasteiger partial charge in [0.2, 0.25) is 5.91 Å². The van der Waals surface area contributed by atoms with Crippen molar-refractivity contribution in [3.63, 3.8) is 0 Å². The fourth-order valence-electron chi connectivity index (χ4n) is 3.87. The van der Waals surface area contributed by atoms with E-state index in [-0.39, 0.29) is 43.5 Å². The Morgan fingerprint density at radius 2 is 2.09 bits per heavy atom. The Hall–Kier alpha value is -3.39. The summed E-state index contributed by atoms with van der Waals surface area (Å²) in [6.07, 6.45) is 2.79. The first-order valence-corrected chi connectivity index (χ1v) is 11.2. The lowest BCUT2D eigenvalue weighted by Crippen LogP contribution is -2.46. The number of carbonyl (C=O) groups is 3. The van der Waals surface area contributed by atoms with Gasteiger partial charge in [0.1, 0.15) is 18.0 Å². The van der Waals surface area contributed by atoms with E-state index in [1.165, 1.54) is 4.90 Å². The van der Waals surface area contributed by atoms with E-state index in [4.69, 9.17) is 14.2 Å². The van der Waals surface area contributed by atoms with Crippen LogP contribution in [-0.4, -0.2) is 56.6 Å². The Morgan fingerprint density at radius 1 is 1.21 bits per heavy atom. The van der Waals surface area contributed by atoms with Gasteiger partial charge in [0.15, 0.2) is 19.0 Å². The second-order valence-corrected chi connectivity index (χ2v) is 8.10. The number of ketones is 1. The lowest BCUT2D eigenvalue weighted by Gasteiger charge is -2.29. The molecule has 0 unspecified atom stereocenters. The number of amides is 2. The van der Waals surface area contributed by atoms with E-state index >= 15 is 0 Å². The van der Waals surface area contributed by atoms with E-state index in [1.807, 2.05) is 24.3 Å². The molecule has 33 heavy (non-hydrogen) atoms. The van der Waals surface area contributed by atoms with Crippen LogP contribution in [0.25, 0.3) is 0 Å². The van der Waals surface area contributed by atoms with Crippen LogP contribution in [0.3, 0.4) is 0 Å². The number of aryl methyl sites for hydroxylation is 1. The summed E-state index contributed by atoms with van der Waals surface area (Å²) in [5.74, 6) is 0.216. The largest absolute Gasteiger partial charge is 0.485 e. The molecule has 0 saturated carbocycles. The van der Waals surface area contributed by atoms with Crippen molar-refractivity contribution >= 4 is 23.3 Å². The number of Topliss-reactive ketones (excluding diaryl/α,β-unsaturated/α-hetero) is 1. The number of nitrogens with zero attached hydrogens (tertiary/aromatic N) is 1. The SMILES string of the molecule is CCc1cccc(OCC(=O)c2ccc3c(c2)N(CC(=O)NC[C@H]2CCCO2)C(=O)CO3)c1. The Bertz CT molecular complexity index is 1030. The highest BCUT2D eigenvalue weighted by Crippen LogP contribution is 2.33. The number of nitrogens with one attached hydrogen (secondary N) is 1. The van der Waals surface area contributed by atoms with Gasteiger partial charge < -0.3 is 19.5 Å². The highest BCUT2D eigenvalue weighted by Gasteiger charge is 2.28. The van der Waals surface area contributed by atoms with Crippen LogP contribution in [0.2, 0.25) is 0 Å². The van der Waals surface area contributed by atoms with Gasteiger partial charge in [-0.15, -0.1) is 0 Å². The molecule has 2 aliphatic rings. The number of ether oxygens (including phenoxy) is 3. The summed E-state index contributed by atoms with van der Waals surface area (Å²) in [5, 5.41) is 2.82. The second kappa shape index (κ2) is 10.5. The predicted molar refractivity (Wildman–Crippen MR) is 122 cm³/mol. The molecule has 1 fully saturated rings. The van der Waals surface area contributed by atoms with E-state index in [2.05, 4.69) is 12.2 Å². The molecule has 2 aliphatic heterocycles. The number of rotatable bonds is 9. The summed E-state index contributed by atoms with van der Waals surface area (Å²) in [5.41, 5.74) is 1.90. The molecule has 4 rings (SSSR count). The normalized spacial score (nSPS) is 17.3. The quantitative estimate of drug-likeness (QED) is 0.588. The zero-order chi connectivity index (χ0) is 23.2. The van der Waals surface area contributed by atoms with E-state index in [0.29, 0.717) is 35.9 Å². The number of hydrogen-bond acceptors (Lipinski definition) is 6. The Morgan fingerprint density at radius 3 is 2.88 bits per heavy atom. The fraction of sp³-hybridized carbons (Fsp3) is 0.400. The summed E-state index contributed by atoms with van der Waals surface area (Å²) < 4.78 is 16.7. The van der Waals surface area contributed by atoms with Gasteiger partial charge in [0, 0.05) is 18.7 Å². The molecule has 1 N–H and O–H groups in total. The fourth-order valence-corrected chi connectivity index (χ4v) is 3.87. The molecule has 2 aromatic carbocycles. The number of carbonyl (C=O) groups excluding carboxylic acids is 3. The zero-order valence-electron chi connectivity index (χ0n) is 18.7. The first-order chi connectivity index (χ1) is 16.0. The van der Waals surface area contributed by atoms with Crippen LogP contribution in [-0.2, 0) is 20.7 Å². The number of hydrogen-bond donors (Lipinski definition) is 1. The third kappa shape index (κ3) is 5.70. The molecule has 2 heterocycles. The molecule has 0 radical (unpaired) electrons. The highest BCUT2D eigenvalue weighted by molar-refractivity contribution is 6.04. The van der Waals surface area contributed by atoms with E-state index in [9.17, 15) is 14.4 Å². The molecule has 8 heteroatoms. The van der Waals surface area contributed by atoms with Gasteiger partial charge >= 0.3 is 0 Å². The molecule has 0 aliphatic carbocycles. The molecular formula is C25H28N2O6. The lowest BCUT2D eigenvalue weighted by molar-refractivity contribution is -0.125. The Balaban J connectivity index is 1.42. The molecule has 0 spiro atoms. The van der Waals surface area contributed by atoms with Crippen LogP contribution < -0.4 is 19.7 Å². The van der Waals surface area contributed by atoms with Crippen molar-refractivity contribution in [2.75, 3.05) is 37.8 Å². The molecule has 0 bridgehead atoms. The average molecular weight is 453 g/mol. The van der Waals surface area contributed by atoms with E-state index < -0.39 is 0 Å². The number of anilines is 1. The molecular weight excluding hydrogens is 424 g/mol. The summed E-state index contributed by atoms with van der Waals surface area (Å²) in [6, 6.07) is 12.5. The summed E-state index contributed by atoms with van der Waals surface area (Å²) in [6.45, 7) is 2.73. The van der Waals surface area contributed by atoms with Crippen molar-refractivity contribution in [2.24, 2.45) is 0 Å². The maximum Gasteiger partial charge on any atom is 0.265 e. The van der Waals surface area contributed by atoms with Crippen molar-refractivity contribution in [3.05, 3.63) is 53.6 Å². The topological polar surface area (TPSA) is 94.2 Å². The first kappa shape index (κ1) is 22.8. The minimum atomic E-state index is -0.341. The Kier molecular flexibility index (Phi) is 7.24. The van der Waals surface area contributed by atoms with Crippen molar-refractivity contribution in [1.82, 2.24) is 5.32 Å². The van der Waals surface area contributed by atoms with Crippen LogP contribution in [0.4, 0.5) is 5.69 Å². The molecule has 1 saturated heterocycles. The maximum absolute atomic E-state index is 12.8.